The number of pyridine rings is 2. The van der Waals surface area contributed by atoms with Crippen LogP contribution >= 0.6 is 23.1 Å². The summed E-state index contributed by atoms with van der Waals surface area (Å²) in [5.74, 6) is 1.56. The molecule has 0 amide bonds. The number of nitrogen functional groups attached to an aromatic ring is 1. The number of methoxy groups -OCH3 is 1. The van der Waals surface area contributed by atoms with Crippen molar-refractivity contribution in [2.45, 2.75) is 17.2 Å². The largest absolute Gasteiger partial charge is 0.496 e. The molecule has 0 aliphatic carbocycles. The average molecular weight is 572 g/mol. The molecule has 0 fully saturated rings. The van der Waals surface area contributed by atoms with Crippen LogP contribution in [0.3, 0.4) is 0 Å². The van der Waals surface area contributed by atoms with E-state index in [1.54, 1.807) is 19.2 Å². The molecular weight excluding hydrogens is 546 g/mol. The molecule has 0 bridgehead atoms. The normalized spacial score (nSPS) is 10.4. The Labute approximate surface area is 239 Å². The Morgan fingerprint density at radius 2 is 2.02 bits per heavy atom. The fraction of sp³-hybridized carbons (Fsp3) is 0.179. The van der Waals surface area contributed by atoms with Gasteiger partial charge in [-0.3, -0.25) is 0 Å². The Morgan fingerprint density at radius 3 is 2.70 bits per heavy atom. The zero-order valence-corrected chi connectivity index (χ0v) is 23.2. The molecule has 0 atom stereocenters. The highest BCUT2D eigenvalue weighted by Crippen LogP contribution is 2.37. The first-order chi connectivity index (χ1) is 19.5. The quantitative estimate of drug-likeness (QED) is 0.154. The van der Waals surface area contributed by atoms with E-state index in [0.29, 0.717) is 39.3 Å². The lowest BCUT2D eigenvalue weighted by Gasteiger charge is -2.13. The maximum absolute atomic E-state index is 10.0. The molecule has 202 valence electrons. The number of allylic oxidation sites excluding steroid dienone is 1. The van der Waals surface area contributed by atoms with Crippen LogP contribution < -0.4 is 20.5 Å². The van der Waals surface area contributed by atoms with Gasteiger partial charge in [-0.1, -0.05) is 17.8 Å². The van der Waals surface area contributed by atoms with Gasteiger partial charge in [-0.25, -0.2) is 15.0 Å². The van der Waals surface area contributed by atoms with E-state index in [1.807, 2.05) is 29.7 Å². The van der Waals surface area contributed by atoms with Crippen molar-refractivity contribution in [1.29, 1.82) is 10.5 Å². The summed E-state index contributed by atoms with van der Waals surface area (Å²) in [6, 6.07) is 13.4. The molecule has 0 saturated heterocycles. The van der Waals surface area contributed by atoms with Crippen LogP contribution in [-0.4, -0.2) is 40.4 Å². The molecule has 4 N–H and O–H groups in total. The van der Waals surface area contributed by atoms with E-state index < -0.39 is 0 Å². The first-order valence-electron chi connectivity index (χ1n) is 12.0. The van der Waals surface area contributed by atoms with Crippen molar-refractivity contribution in [2.24, 2.45) is 0 Å². The molecule has 12 heteroatoms. The van der Waals surface area contributed by atoms with Crippen molar-refractivity contribution in [1.82, 2.24) is 15.0 Å². The maximum atomic E-state index is 10.0. The number of benzene rings is 1. The maximum Gasteiger partial charge on any atom is 0.213 e. The third-order valence-electron chi connectivity index (χ3n) is 5.59. The number of anilines is 3. The van der Waals surface area contributed by atoms with Gasteiger partial charge in [-0.15, -0.1) is 17.9 Å². The molecule has 1 aromatic carbocycles. The lowest BCUT2D eigenvalue weighted by atomic mass is 9.98. The van der Waals surface area contributed by atoms with Gasteiger partial charge in [0.1, 0.15) is 40.9 Å². The van der Waals surface area contributed by atoms with Crippen LogP contribution in [-0.2, 0) is 12.2 Å². The second-order valence-corrected chi connectivity index (χ2v) is 10.0. The smallest absolute Gasteiger partial charge is 0.213 e. The summed E-state index contributed by atoms with van der Waals surface area (Å²) in [4.78, 5) is 13.2. The van der Waals surface area contributed by atoms with Crippen molar-refractivity contribution in [3.05, 3.63) is 76.9 Å². The highest BCUT2D eigenvalue weighted by atomic mass is 32.2. The summed E-state index contributed by atoms with van der Waals surface area (Å²) >= 11 is 2.77. The Morgan fingerprint density at radius 1 is 1.20 bits per heavy atom. The van der Waals surface area contributed by atoms with Crippen molar-refractivity contribution in [2.75, 3.05) is 31.4 Å². The number of ether oxygens (including phenoxy) is 2. The minimum Gasteiger partial charge on any atom is -0.496 e. The number of nitrogens with one attached hydrogen (secondary N) is 1. The summed E-state index contributed by atoms with van der Waals surface area (Å²) in [5.41, 5.74) is 10.0. The van der Waals surface area contributed by atoms with Crippen LogP contribution in [0.15, 0.2) is 59.6 Å². The van der Waals surface area contributed by atoms with Crippen molar-refractivity contribution in [3.63, 3.8) is 0 Å². The number of aromatic nitrogens is 3. The molecule has 0 aliphatic heterocycles. The van der Waals surface area contributed by atoms with Gasteiger partial charge in [0.25, 0.3) is 0 Å². The topological polar surface area (TPSA) is 163 Å². The highest BCUT2D eigenvalue weighted by molar-refractivity contribution is 7.98. The molecular formula is C28H25N7O3S2. The van der Waals surface area contributed by atoms with Crippen LogP contribution in [0.5, 0.6) is 11.6 Å². The van der Waals surface area contributed by atoms with Crippen molar-refractivity contribution < 1.29 is 14.6 Å². The minimum absolute atomic E-state index is 0.0232. The number of nitrogens with two attached hydrogens (primary N) is 1. The molecule has 0 unspecified atom stereocenters. The number of aliphatic hydroxyl groups excluding tert-OH is 1. The van der Waals surface area contributed by atoms with E-state index in [2.05, 4.69) is 39.0 Å². The highest BCUT2D eigenvalue weighted by Gasteiger charge is 2.21. The lowest BCUT2D eigenvalue weighted by Crippen LogP contribution is -2.05. The number of hydrogen-bond acceptors (Lipinski definition) is 12. The predicted molar refractivity (Wildman–Crippen MR) is 156 cm³/mol. The van der Waals surface area contributed by atoms with Gasteiger partial charge in [0.15, 0.2) is 5.13 Å². The van der Waals surface area contributed by atoms with Crippen molar-refractivity contribution in [3.8, 4) is 34.9 Å². The lowest BCUT2D eigenvalue weighted by molar-refractivity contribution is 0.196. The van der Waals surface area contributed by atoms with Crippen molar-refractivity contribution >= 4 is 39.7 Å². The molecule has 3 aromatic heterocycles. The SMILES string of the molecule is C=CCc1cc(Nc2nc(CSc3nc(N)c(C#N)c(-c4ccc(OCCO)nc4)c3C#N)cs2)ccc1OC. The molecule has 3 heterocycles. The van der Waals surface area contributed by atoms with E-state index in [-0.39, 0.29) is 30.2 Å². The molecule has 10 nitrogen and oxygen atoms in total. The van der Waals surface area contributed by atoms with E-state index in [9.17, 15) is 10.5 Å². The van der Waals surface area contributed by atoms with Crippen LogP contribution in [0.25, 0.3) is 11.1 Å². The Hall–Kier alpha value is -4.62. The summed E-state index contributed by atoms with van der Waals surface area (Å²) < 4.78 is 10.7. The third-order valence-corrected chi connectivity index (χ3v) is 7.40. The molecule has 4 rings (SSSR count). The average Bonchev–Trinajstić information content (AvgIpc) is 3.42. The number of rotatable bonds is 12. The second-order valence-electron chi connectivity index (χ2n) is 8.19. The number of thioether (sulfide) groups is 1. The number of aliphatic hydroxyl groups is 1. The van der Waals surface area contributed by atoms with Crippen LogP contribution in [0.2, 0.25) is 0 Å². The first kappa shape index (κ1) is 28.4. The molecule has 0 aliphatic rings. The monoisotopic (exact) mass is 571 g/mol. The molecule has 40 heavy (non-hydrogen) atoms. The van der Waals surface area contributed by atoms with E-state index in [0.717, 1.165) is 22.7 Å². The summed E-state index contributed by atoms with van der Waals surface area (Å²) in [6.07, 6.45) is 4.00. The van der Waals surface area contributed by atoms with E-state index in [1.165, 1.54) is 29.3 Å². The zero-order chi connectivity index (χ0) is 28.5. The van der Waals surface area contributed by atoms with Gasteiger partial charge < -0.3 is 25.6 Å². The predicted octanol–water partition coefficient (Wildman–Crippen LogP) is 5.07. The fourth-order valence-electron chi connectivity index (χ4n) is 3.82. The minimum atomic E-state index is -0.142. The fourth-order valence-corrected chi connectivity index (χ4v) is 5.55. The Kier molecular flexibility index (Phi) is 9.54. The van der Waals surface area contributed by atoms with Crippen LogP contribution in [0, 0.1) is 22.7 Å². The number of hydrogen-bond donors (Lipinski definition) is 3. The van der Waals surface area contributed by atoms with Gasteiger partial charge in [0.2, 0.25) is 5.88 Å². The van der Waals surface area contributed by atoms with Crippen LogP contribution in [0.1, 0.15) is 22.4 Å². The Bertz CT molecular complexity index is 1590. The number of thiazole rings is 1. The summed E-state index contributed by atoms with van der Waals surface area (Å²) in [7, 11) is 1.64. The molecule has 4 aromatic rings. The zero-order valence-electron chi connectivity index (χ0n) is 21.5. The molecule has 0 radical (unpaired) electrons. The number of nitriles is 2. The van der Waals surface area contributed by atoms with Gasteiger partial charge in [-0.05, 0) is 36.2 Å². The number of nitrogens with zero attached hydrogens (tertiary/aromatic N) is 5. The second kappa shape index (κ2) is 13.4. The third kappa shape index (κ3) is 6.50. The van der Waals surface area contributed by atoms with Gasteiger partial charge in [0, 0.05) is 40.2 Å². The first-order valence-corrected chi connectivity index (χ1v) is 13.8. The van der Waals surface area contributed by atoms with E-state index >= 15 is 0 Å². The van der Waals surface area contributed by atoms with E-state index in [4.69, 9.17) is 20.3 Å². The molecule has 0 saturated carbocycles. The molecule has 0 spiro atoms. The summed E-state index contributed by atoms with van der Waals surface area (Å²) in [5, 5.41) is 35.1. The van der Waals surface area contributed by atoms with Crippen LogP contribution in [0.4, 0.5) is 16.6 Å². The van der Waals surface area contributed by atoms with Gasteiger partial charge >= 0.3 is 0 Å². The van der Waals surface area contributed by atoms with Gasteiger partial charge in [0.05, 0.1) is 25.0 Å². The van der Waals surface area contributed by atoms with Gasteiger partial charge in [-0.2, -0.15) is 10.5 Å². The summed E-state index contributed by atoms with van der Waals surface area (Å²) in [6.45, 7) is 3.77. The Balaban J connectivity index is 1.55. The standard InChI is InChI=1S/C28H25N7O3S2/c1-3-4-17-11-19(6-7-23(17)37-2)33-28-34-20(16-40-28)15-39-27-22(13-30)25(21(12-29)26(31)35-27)18-5-8-24(32-14-18)38-10-9-36/h3,5-8,11,14,16,36H,1,4,9-10,15H2,2H3,(H2,31,35)(H,33,34).